The summed E-state index contributed by atoms with van der Waals surface area (Å²) in [5.41, 5.74) is 6.48. The molecule has 0 saturated carbocycles. The highest BCUT2D eigenvalue weighted by Gasteiger charge is 2.33. The van der Waals surface area contributed by atoms with E-state index in [1.807, 2.05) is 30.3 Å². The largest absolute Gasteiger partial charge is 0.491 e. The molecular formula is C17H27N3O3. The lowest BCUT2D eigenvalue weighted by atomic mass is 9.85. The summed E-state index contributed by atoms with van der Waals surface area (Å²) in [7, 11) is 0. The Balaban J connectivity index is 1.56. The fraction of sp³-hybridized carbons (Fsp3) is 0.588. The Bertz CT molecular complexity index is 488. The summed E-state index contributed by atoms with van der Waals surface area (Å²) < 4.78 is 10.8. The Morgan fingerprint density at radius 2 is 1.96 bits per heavy atom. The molecule has 0 aromatic heterocycles. The highest BCUT2D eigenvalue weighted by Crippen LogP contribution is 2.24. The van der Waals surface area contributed by atoms with Crippen molar-refractivity contribution in [3.8, 4) is 5.75 Å². The molecule has 1 aromatic rings. The maximum atomic E-state index is 11.8. The Kier molecular flexibility index (Phi) is 6.38. The average molecular weight is 321 g/mol. The minimum absolute atomic E-state index is 0.0382. The smallest absolute Gasteiger partial charge is 0.247 e. The molecule has 128 valence electrons. The zero-order valence-electron chi connectivity index (χ0n) is 14.1. The van der Waals surface area contributed by atoms with E-state index in [1.54, 1.807) is 0 Å². The molecule has 6 heteroatoms. The number of hydrogen-bond donors (Lipinski definition) is 3. The topological polar surface area (TPSA) is 71.6 Å². The third-order valence-corrected chi connectivity index (χ3v) is 3.76. The van der Waals surface area contributed by atoms with Crippen molar-refractivity contribution in [2.45, 2.75) is 39.4 Å². The number of hydrogen-bond acceptors (Lipinski definition) is 5. The van der Waals surface area contributed by atoms with Crippen LogP contribution in [0.4, 0.5) is 0 Å². The number of ether oxygens (including phenoxy) is 2. The van der Waals surface area contributed by atoms with Crippen LogP contribution in [0.3, 0.4) is 0 Å². The van der Waals surface area contributed by atoms with Crippen LogP contribution in [0.25, 0.3) is 0 Å². The van der Waals surface area contributed by atoms with Gasteiger partial charge in [-0.3, -0.25) is 10.2 Å². The van der Waals surface area contributed by atoms with Gasteiger partial charge < -0.3 is 14.8 Å². The zero-order chi connectivity index (χ0) is 16.7. The number of benzene rings is 1. The van der Waals surface area contributed by atoms with Crippen molar-refractivity contribution in [3.63, 3.8) is 0 Å². The van der Waals surface area contributed by atoms with Crippen LogP contribution in [0.1, 0.15) is 27.2 Å². The maximum absolute atomic E-state index is 11.8. The average Bonchev–Trinajstić information content (AvgIpc) is 2.96. The molecule has 3 N–H and O–H groups in total. The molecule has 6 nitrogen and oxygen atoms in total. The van der Waals surface area contributed by atoms with E-state index >= 15 is 0 Å². The van der Waals surface area contributed by atoms with E-state index < -0.39 is 0 Å². The van der Waals surface area contributed by atoms with Crippen molar-refractivity contribution < 1.29 is 14.3 Å². The molecule has 1 aliphatic rings. The molecular weight excluding hydrogens is 294 g/mol. The van der Waals surface area contributed by atoms with Crippen molar-refractivity contribution in [1.29, 1.82) is 0 Å². The van der Waals surface area contributed by atoms with Gasteiger partial charge in [0.15, 0.2) is 0 Å². The van der Waals surface area contributed by atoms with Crippen molar-refractivity contribution in [2.24, 2.45) is 5.41 Å². The molecule has 2 atom stereocenters. The molecule has 0 bridgehead atoms. The Labute approximate surface area is 137 Å². The van der Waals surface area contributed by atoms with Gasteiger partial charge in [-0.25, -0.2) is 5.43 Å². The second-order valence-electron chi connectivity index (χ2n) is 6.78. The second-order valence-corrected chi connectivity index (χ2v) is 6.78. The highest BCUT2D eigenvalue weighted by atomic mass is 16.5. The van der Waals surface area contributed by atoms with Gasteiger partial charge >= 0.3 is 0 Å². The van der Waals surface area contributed by atoms with Gasteiger partial charge in [0.2, 0.25) is 5.91 Å². The Morgan fingerprint density at radius 3 is 2.61 bits per heavy atom. The molecule has 1 aliphatic heterocycles. The van der Waals surface area contributed by atoms with Crippen LogP contribution in [0.5, 0.6) is 5.75 Å². The normalized spacial score (nSPS) is 21.2. The number of amides is 1. The van der Waals surface area contributed by atoms with E-state index in [1.165, 1.54) is 0 Å². The van der Waals surface area contributed by atoms with Crippen LogP contribution in [-0.4, -0.2) is 37.9 Å². The Hall–Kier alpha value is -1.63. The van der Waals surface area contributed by atoms with Gasteiger partial charge in [-0.2, -0.15) is 0 Å². The lowest BCUT2D eigenvalue weighted by Gasteiger charge is -2.25. The minimum atomic E-state index is -0.126. The molecule has 1 heterocycles. The zero-order valence-corrected chi connectivity index (χ0v) is 14.1. The number of nitrogens with one attached hydrogen (secondary N) is 3. The molecule has 1 aromatic carbocycles. The summed E-state index contributed by atoms with van der Waals surface area (Å²) in [4.78, 5) is 11.8. The summed E-state index contributed by atoms with van der Waals surface area (Å²) in [6, 6.07) is 9.86. The van der Waals surface area contributed by atoms with Gasteiger partial charge in [0.05, 0.1) is 12.8 Å². The first-order chi connectivity index (χ1) is 10.9. The molecule has 1 amide bonds. The van der Waals surface area contributed by atoms with Gasteiger partial charge in [-0.1, -0.05) is 39.0 Å². The molecule has 1 fully saturated rings. The van der Waals surface area contributed by atoms with Crippen LogP contribution in [0.2, 0.25) is 0 Å². The third-order valence-electron chi connectivity index (χ3n) is 3.76. The molecule has 0 radical (unpaired) electrons. The van der Waals surface area contributed by atoms with Gasteiger partial charge in [0.25, 0.3) is 0 Å². The van der Waals surface area contributed by atoms with Gasteiger partial charge in [0, 0.05) is 6.04 Å². The van der Waals surface area contributed by atoms with Crippen molar-refractivity contribution >= 4 is 5.91 Å². The van der Waals surface area contributed by atoms with E-state index in [0.29, 0.717) is 19.3 Å². The summed E-state index contributed by atoms with van der Waals surface area (Å²) in [5, 5.41) is 2.91. The van der Waals surface area contributed by atoms with Crippen molar-refractivity contribution in [2.75, 3.05) is 19.8 Å². The first kappa shape index (κ1) is 17.7. The third kappa shape index (κ3) is 6.17. The summed E-state index contributed by atoms with van der Waals surface area (Å²) in [5.74, 6) is 0.675. The lowest BCUT2D eigenvalue weighted by molar-refractivity contribution is -0.126. The van der Waals surface area contributed by atoms with E-state index in [9.17, 15) is 4.79 Å². The van der Waals surface area contributed by atoms with E-state index in [2.05, 4.69) is 36.9 Å². The molecule has 0 spiro atoms. The number of rotatable bonds is 7. The van der Waals surface area contributed by atoms with Gasteiger partial charge in [-0.05, 0) is 24.0 Å². The van der Waals surface area contributed by atoms with Crippen molar-refractivity contribution in [3.05, 3.63) is 30.3 Å². The summed E-state index contributed by atoms with van der Waals surface area (Å²) >= 11 is 0. The Morgan fingerprint density at radius 1 is 1.22 bits per heavy atom. The van der Waals surface area contributed by atoms with Gasteiger partial charge in [-0.15, -0.1) is 0 Å². The number of para-hydroxylation sites is 1. The predicted molar refractivity (Wildman–Crippen MR) is 88.8 cm³/mol. The van der Waals surface area contributed by atoms with Crippen molar-refractivity contribution in [1.82, 2.24) is 16.2 Å². The standard InChI is InChI=1S/C17H27N3O3/c1-17(2,3)14-11-15(20-19-14)18-16(21)12-22-9-10-23-13-7-5-4-6-8-13/h4-8,14-15,19-20H,9-12H2,1-3H3,(H,18,21). The molecule has 1 saturated heterocycles. The predicted octanol–water partition coefficient (Wildman–Crippen LogP) is 1.44. The van der Waals surface area contributed by atoms with Crippen LogP contribution < -0.4 is 20.9 Å². The minimum Gasteiger partial charge on any atom is -0.491 e. The molecule has 0 aliphatic carbocycles. The number of hydrazine groups is 1. The van der Waals surface area contributed by atoms with E-state index in [4.69, 9.17) is 9.47 Å². The monoisotopic (exact) mass is 321 g/mol. The molecule has 23 heavy (non-hydrogen) atoms. The number of carbonyl (C=O) groups excluding carboxylic acids is 1. The first-order valence-electron chi connectivity index (χ1n) is 8.01. The number of carbonyl (C=O) groups is 1. The molecule has 2 rings (SSSR count). The van der Waals surface area contributed by atoms with Crippen LogP contribution in [0.15, 0.2) is 30.3 Å². The quantitative estimate of drug-likeness (QED) is 0.663. The lowest BCUT2D eigenvalue weighted by Crippen LogP contribution is -2.46. The fourth-order valence-corrected chi connectivity index (χ4v) is 2.36. The van der Waals surface area contributed by atoms with Gasteiger partial charge in [0.1, 0.15) is 19.0 Å². The summed E-state index contributed by atoms with van der Waals surface area (Å²) in [6.45, 7) is 7.36. The van der Waals surface area contributed by atoms with Crippen LogP contribution >= 0.6 is 0 Å². The highest BCUT2D eigenvalue weighted by molar-refractivity contribution is 5.77. The maximum Gasteiger partial charge on any atom is 0.247 e. The van der Waals surface area contributed by atoms with E-state index in [-0.39, 0.29) is 24.1 Å². The SMILES string of the molecule is CC(C)(C)C1CC(NC(=O)COCCOc2ccccc2)NN1. The summed E-state index contributed by atoms with van der Waals surface area (Å²) in [6.07, 6.45) is 0.794. The second kappa shape index (κ2) is 8.29. The van der Waals surface area contributed by atoms with Crippen LogP contribution in [0, 0.1) is 5.41 Å². The van der Waals surface area contributed by atoms with Crippen LogP contribution in [-0.2, 0) is 9.53 Å². The first-order valence-corrected chi connectivity index (χ1v) is 8.01. The molecule has 2 unspecified atom stereocenters. The van der Waals surface area contributed by atoms with E-state index in [0.717, 1.165) is 12.2 Å². The fourth-order valence-electron chi connectivity index (χ4n) is 2.36.